The SMILES string of the molecule is COCC1=C2[C@@H](CC/C(C)=C/c3ccccc3O)OB(O)C[C@@H]2[C@@H]2C(=O)N(c3cccc(B(O)O)c3)C(=O)[C@@H]2C1. The van der Waals surface area contributed by atoms with E-state index >= 15 is 0 Å². The third-order valence-electron chi connectivity index (χ3n) is 8.19. The van der Waals surface area contributed by atoms with Crippen molar-refractivity contribution in [1.29, 1.82) is 0 Å². The summed E-state index contributed by atoms with van der Waals surface area (Å²) < 4.78 is 11.5. The van der Waals surface area contributed by atoms with Crippen LogP contribution in [0.1, 0.15) is 31.7 Å². The number of hydrogen-bond donors (Lipinski definition) is 4. The molecule has 3 aliphatic rings. The first-order valence-corrected chi connectivity index (χ1v) is 13.5. The van der Waals surface area contributed by atoms with Gasteiger partial charge >= 0.3 is 14.2 Å². The van der Waals surface area contributed by atoms with Crippen LogP contribution in [0.3, 0.4) is 0 Å². The minimum atomic E-state index is -1.73. The summed E-state index contributed by atoms with van der Waals surface area (Å²) in [5, 5.41) is 40.1. The Bertz CT molecular complexity index is 1360. The van der Waals surface area contributed by atoms with Crippen LogP contribution in [0.5, 0.6) is 5.75 Å². The summed E-state index contributed by atoms with van der Waals surface area (Å²) in [7, 11) is -1.24. The number of para-hydroxylation sites is 1. The molecule has 1 aliphatic carbocycles. The first kappa shape index (κ1) is 28.3. The van der Waals surface area contributed by atoms with Gasteiger partial charge in [-0.05, 0) is 73.2 Å². The monoisotopic (exact) mass is 545 g/mol. The molecule has 0 spiro atoms. The van der Waals surface area contributed by atoms with E-state index in [1.54, 1.807) is 31.4 Å². The van der Waals surface area contributed by atoms with Crippen LogP contribution in [-0.4, -0.2) is 66.1 Å². The number of benzene rings is 2. The van der Waals surface area contributed by atoms with Crippen LogP contribution >= 0.6 is 0 Å². The van der Waals surface area contributed by atoms with E-state index in [1.165, 1.54) is 12.1 Å². The fourth-order valence-electron chi connectivity index (χ4n) is 6.46. The van der Waals surface area contributed by atoms with Gasteiger partial charge in [0.05, 0.1) is 30.2 Å². The average molecular weight is 545 g/mol. The Balaban J connectivity index is 1.44. The van der Waals surface area contributed by atoms with Crippen molar-refractivity contribution in [3.8, 4) is 5.75 Å². The van der Waals surface area contributed by atoms with Crippen LogP contribution in [0.15, 0.2) is 65.3 Å². The van der Waals surface area contributed by atoms with E-state index in [-0.39, 0.29) is 36.0 Å². The molecule has 4 N–H and O–H groups in total. The van der Waals surface area contributed by atoms with Gasteiger partial charge in [0.25, 0.3) is 0 Å². The molecule has 11 heteroatoms. The number of allylic oxidation sites excluding steroid dienone is 1. The largest absolute Gasteiger partial charge is 0.507 e. The first-order valence-electron chi connectivity index (χ1n) is 13.5. The maximum Gasteiger partial charge on any atom is 0.488 e. The van der Waals surface area contributed by atoms with E-state index in [9.17, 15) is 29.8 Å². The lowest BCUT2D eigenvalue weighted by atomic mass is 9.58. The molecule has 0 bridgehead atoms. The van der Waals surface area contributed by atoms with Crippen molar-refractivity contribution in [3.63, 3.8) is 0 Å². The van der Waals surface area contributed by atoms with Crippen molar-refractivity contribution in [3.05, 3.63) is 70.8 Å². The van der Waals surface area contributed by atoms with E-state index in [4.69, 9.17) is 9.39 Å². The van der Waals surface area contributed by atoms with Gasteiger partial charge in [-0.15, -0.1) is 0 Å². The highest BCUT2D eigenvalue weighted by molar-refractivity contribution is 6.58. The van der Waals surface area contributed by atoms with E-state index < -0.39 is 38.1 Å². The van der Waals surface area contributed by atoms with Crippen LogP contribution in [-0.2, 0) is 19.0 Å². The Kier molecular flexibility index (Phi) is 8.30. The number of methoxy groups -OCH3 is 1. The maximum absolute atomic E-state index is 13.8. The second-order valence-electron chi connectivity index (χ2n) is 10.8. The number of carbonyl (C=O) groups excluding carboxylic acids is 2. The first-order chi connectivity index (χ1) is 19.2. The van der Waals surface area contributed by atoms with Gasteiger partial charge in [0.2, 0.25) is 11.8 Å². The molecule has 0 saturated carbocycles. The number of anilines is 1. The molecule has 2 aromatic rings. The average Bonchev–Trinajstić information content (AvgIpc) is 3.18. The van der Waals surface area contributed by atoms with Gasteiger partial charge < -0.3 is 29.6 Å². The number of hydrogen-bond acceptors (Lipinski definition) is 8. The molecule has 2 fully saturated rings. The van der Waals surface area contributed by atoms with Gasteiger partial charge in [-0.1, -0.05) is 42.0 Å². The molecular weight excluding hydrogens is 512 g/mol. The highest BCUT2D eigenvalue weighted by Gasteiger charge is 2.57. The third-order valence-corrected chi connectivity index (χ3v) is 8.19. The number of fused-ring (bicyclic) bond motifs is 3. The molecule has 2 aliphatic heterocycles. The number of ether oxygens (including phenoxy) is 1. The van der Waals surface area contributed by atoms with Crippen LogP contribution in [0.4, 0.5) is 5.69 Å². The zero-order valence-electron chi connectivity index (χ0n) is 22.6. The molecule has 40 heavy (non-hydrogen) atoms. The number of aromatic hydroxyl groups is 1. The van der Waals surface area contributed by atoms with Gasteiger partial charge in [0, 0.05) is 12.7 Å². The quantitative estimate of drug-likeness (QED) is 0.225. The fraction of sp³-hybridized carbons (Fsp3) is 0.379. The lowest BCUT2D eigenvalue weighted by Gasteiger charge is -2.43. The van der Waals surface area contributed by atoms with E-state index in [2.05, 4.69) is 0 Å². The van der Waals surface area contributed by atoms with Crippen molar-refractivity contribution in [2.45, 2.75) is 38.6 Å². The highest BCUT2D eigenvalue weighted by atomic mass is 16.5. The fourth-order valence-corrected chi connectivity index (χ4v) is 6.46. The van der Waals surface area contributed by atoms with Crippen LogP contribution < -0.4 is 10.4 Å². The molecule has 0 aromatic heterocycles. The zero-order valence-corrected chi connectivity index (χ0v) is 22.6. The van der Waals surface area contributed by atoms with Gasteiger partial charge in [-0.2, -0.15) is 0 Å². The number of phenolic OH excluding ortho intramolecular Hbond substituents is 1. The second-order valence-corrected chi connectivity index (χ2v) is 10.8. The number of imide groups is 1. The predicted octanol–water partition coefficient (Wildman–Crippen LogP) is 1.90. The Morgan fingerprint density at radius 3 is 2.65 bits per heavy atom. The second kappa shape index (κ2) is 11.7. The minimum Gasteiger partial charge on any atom is -0.507 e. The summed E-state index contributed by atoms with van der Waals surface area (Å²) in [5.74, 6) is -2.17. The van der Waals surface area contributed by atoms with Crippen LogP contribution in [0.25, 0.3) is 6.08 Å². The van der Waals surface area contributed by atoms with Crippen molar-refractivity contribution in [1.82, 2.24) is 0 Å². The number of carbonyl (C=O) groups is 2. The summed E-state index contributed by atoms with van der Waals surface area (Å²) in [6, 6.07) is 13.2. The highest BCUT2D eigenvalue weighted by Crippen LogP contribution is 2.51. The van der Waals surface area contributed by atoms with Gasteiger partial charge in [-0.3, -0.25) is 14.5 Å². The number of rotatable bonds is 8. The third kappa shape index (κ3) is 5.40. The molecule has 0 radical (unpaired) electrons. The molecular formula is C29H33B2NO8. The lowest BCUT2D eigenvalue weighted by Crippen LogP contribution is -2.46. The summed E-state index contributed by atoms with van der Waals surface area (Å²) in [5.41, 5.74) is 4.05. The maximum atomic E-state index is 13.8. The molecule has 2 saturated heterocycles. The molecule has 0 unspecified atom stereocenters. The molecule has 4 atom stereocenters. The molecule has 208 valence electrons. The van der Waals surface area contributed by atoms with Crippen molar-refractivity contribution in [2.24, 2.45) is 17.8 Å². The number of phenols is 1. The molecule has 9 nitrogen and oxygen atoms in total. The van der Waals surface area contributed by atoms with Crippen molar-refractivity contribution >= 4 is 43.3 Å². The lowest BCUT2D eigenvalue weighted by molar-refractivity contribution is -0.122. The van der Waals surface area contributed by atoms with Crippen molar-refractivity contribution in [2.75, 3.05) is 18.6 Å². The van der Waals surface area contributed by atoms with E-state index in [0.717, 1.165) is 27.2 Å². The predicted molar refractivity (Wildman–Crippen MR) is 151 cm³/mol. The van der Waals surface area contributed by atoms with E-state index in [0.29, 0.717) is 24.9 Å². The standard InChI is InChI=1S/C29H33B2NO8/c1-17(12-18-6-3-4-9-24(18)33)10-11-25-26-19(16-39-2)13-22-27(23(26)15-30(36)40-25)29(35)32(28(22)34)21-8-5-7-20(14-21)31(37)38/h3-9,12,14,22-23,25,27,33,36-38H,10-11,13,15-16H2,1-2H3/b17-12+/t22-,23+,25-,27-/m1/s1. The summed E-state index contributed by atoms with van der Waals surface area (Å²) in [6.45, 7) is 2.25. The summed E-state index contributed by atoms with van der Waals surface area (Å²) in [6.07, 6.45) is 3.17. The minimum absolute atomic E-state index is 0.181. The Labute approximate surface area is 234 Å². The Morgan fingerprint density at radius 2 is 1.93 bits per heavy atom. The smallest absolute Gasteiger partial charge is 0.488 e. The van der Waals surface area contributed by atoms with Gasteiger partial charge in [0.15, 0.2) is 0 Å². The Morgan fingerprint density at radius 1 is 1.15 bits per heavy atom. The van der Waals surface area contributed by atoms with Crippen molar-refractivity contribution < 1.29 is 39.2 Å². The van der Waals surface area contributed by atoms with Gasteiger partial charge in [-0.25, -0.2) is 0 Å². The van der Waals surface area contributed by atoms with Crippen LogP contribution in [0.2, 0.25) is 6.32 Å². The number of amides is 2. The van der Waals surface area contributed by atoms with E-state index in [1.807, 2.05) is 25.1 Å². The Hall–Kier alpha value is -3.21. The molecule has 5 rings (SSSR count). The van der Waals surface area contributed by atoms with Crippen LogP contribution in [0, 0.1) is 17.8 Å². The van der Waals surface area contributed by atoms with Gasteiger partial charge in [0.1, 0.15) is 5.75 Å². The molecule has 2 amide bonds. The topological polar surface area (TPSA) is 137 Å². The summed E-state index contributed by atoms with van der Waals surface area (Å²) in [4.78, 5) is 28.6. The molecule has 2 heterocycles. The summed E-state index contributed by atoms with van der Waals surface area (Å²) >= 11 is 0. The zero-order chi connectivity index (χ0) is 28.6. The normalized spacial score (nSPS) is 24.9. The molecule has 2 aromatic carbocycles. The number of nitrogens with zero attached hydrogens (tertiary/aromatic N) is 1.